The van der Waals surface area contributed by atoms with Crippen molar-refractivity contribution in [3.63, 3.8) is 0 Å². The molecule has 0 bridgehead atoms. The molecule has 1 aliphatic rings. The van der Waals surface area contributed by atoms with E-state index in [0.29, 0.717) is 6.04 Å². The van der Waals surface area contributed by atoms with E-state index in [4.69, 9.17) is 4.42 Å². The Hall–Kier alpha value is -0.840. The molecule has 4 nitrogen and oxygen atoms in total. The SMILES string of the molecule is CCCN1CCN(Cc2ccc(CNC(C)C)o2)CC1. The van der Waals surface area contributed by atoms with E-state index in [2.05, 4.69) is 48.0 Å². The van der Waals surface area contributed by atoms with Crippen LogP contribution in [0.1, 0.15) is 38.7 Å². The molecule has 0 unspecified atom stereocenters. The number of rotatable bonds is 7. The van der Waals surface area contributed by atoms with E-state index in [0.717, 1.165) is 37.7 Å². The van der Waals surface area contributed by atoms with Gasteiger partial charge in [0.05, 0.1) is 13.1 Å². The summed E-state index contributed by atoms with van der Waals surface area (Å²) >= 11 is 0. The molecule has 1 N–H and O–H groups in total. The topological polar surface area (TPSA) is 31.6 Å². The van der Waals surface area contributed by atoms with Gasteiger partial charge in [-0.2, -0.15) is 0 Å². The second-order valence-corrected chi connectivity index (χ2v) is 6.02. The van der Waals surface area contributed by atoms with Crippen LogP contribution in [0.15, 0.2) is 16.5 Å². The van der Waals surface area contributed by atoms with Gasteiger partial charge >= 0.3 is 0 Å². The van der Waals surface area contributed by atoms with E-state index in [1.807, 2.05) is 0 Å². The maximum Gasteiger partial charge on any atom is 0.118 e. The van der Waals surface area contributed by atoms with Crippen LogP contribution in [0.25, 0.3) is 0 Å². The molecular formula is C16H29N3O. The lowest BCUT2D eigenvalue weighted by Gasteiger charge is -2.33. The molecule has 0 amide bonds. The first-order valence-electron chi connectivity index (χ1n) is 7.93. The summed E-state index contributed by atoms with van der Waals surface area (Å²) in [6.07, 6.45) is 1.25. The van der Waals surface area contributed by atoms with Gasteiger partial charge in [-0.15, -0.1) is 0 Å². The van der Waals surface area contributed by atoms with Crippen LogP contribution in [-0.4, -0.2) is 48.6 Å². The Morgan fingerprint density at radius 3 is 2.40 bits per heavy atom. The quantitative estimate of drug-likeness (QED) is 0.830. The fraction of sp³-hybridized carbons (Fsp3) is 0.750. The maximum atomic E-state index is 5.89. The molecule has 1 fully saturated rings. The number of hydrogen-bond acceptors (Lipinski definition) is 4. The minimum atomic E-state index is 0.496. The Balaban J connectivity index is 1.74. The van der Waals surface area contributed by atoms with Crippen molar-refractivity contribution in [2.24, 2.45) is 0 Å². The normalized spacial score (nSPS) is 18.0. The van der Waals surface area contributed by atoms with Crippen molar-refractivity contribution in [2.45, 2.75) is 46.3 Å². The molecule has 0 atom stereocenters. The number of piperazine rings is 1. The van der Waals surface area contributed by atoms with Gasteiger partial charge in [0.25, 0.3) is 0 Å². The first kappa shape index (κ1) is 15.5. The number of nitrogens with one attached hydrogen (secondary N) is 1. The van der Waals surface area contributed by atoms with Crippen LogP contribution in [0.2, 0.25) is 0 Å². The molecule has 0 saturated carbocycles. The summed E-state index contributed by atoms with van der Waals surface area (Å²) in [6.45, 7) is 14.2. The van der Waals surface area contributed by atoms with Crippen LogP contribution in [-0.2, 0) is 13.1 Å². The lowest BCUT2D eigenvalue weighted by atomic mass is 10.3. The van der Waals surface area contributed by atoms with Crippen LogP contribution in [0.5, 0.6) is 0 Å². The molecule has 4 heteroatoms. The Kier molecular flexibility index (Phi) is 6.07. The number of nitrogens with zero attached hydrogens (tertiary/aromatic N) is 2. The Bertz CT molecular complexity index is 381. The molecule has 0 spiro atoms. The van der Waals surface area contributed by atoms with Gasteiger partial charge in [0.15, 0.2) is 0 Å². The number of furan rings is 1. The third-order valence-corrected chi connectivity index (χ3v) is 3.79. The molecule has 0 aromatic carbocycles. The smallest absolute Gasteiger partial charge is 0.118 e. The van der Waals surface area contributed by atoms with E-state index in [9.17, 15) is 0 Å². The van der Waals surface area contributed by atoms with E-state index < -0.39 is 0 Å². The molecule has 1 saturated heterocycles. The molecular weight excluding hydrogens is 250 g/mol. The van der Waals surface area contributed by atoms with Crippen LogP contribution < -0.4 is 5.32 Å². The molecule has 114 valence electrons. The van der Waals surface area contributed by atoms with Crippen LogP contribution in [0, 0.1) is 0 Å². The second-order valence-electron chi connectivity index (χ2n) is 6.02. The predicted octanol–water partition coefficient (Wildman–Crippen LogP) is 2.31. The summed E-state index contributed by atoms with van der Waals surface area (Å²) in [5.74, 6) is 2.13. The molecule has 2 heterocycles. The van der Waals surface area contributed by atoms with Crippen molar-refractivity contribution in [2.75, 3.05) is 32.7 Å². The van der Waals surface area contributed by atoms with Crippen molar-refractivity contribution in [3.05, 3.63) is 23.7 Å². The third kappa shape index (κ3) is 4.93. The largest absolute Gasteiger partial charge is 0.463 e. The van der Waals surface area contributed by atoms with Crippen molar-refractivity contribution in [1.29, 1.82) is 0 Å². The zero-order valence-corrected chi connectivity index (χ0v) is 13.2. The van der Waals surface area contributed by atoms with Crippen LogP contribution in [0.4, 0.5) is 0 Å². The van der Waals surface area contributed by atoms with E-state index >= 15 is 0 Å². The minimum Gasteiger partial charge on any atom is -0.463 e. The van der Waals surface area contributed by atoms with E-state index in [1.165, 1.54) is 26.1 Å². The zero-order chi connectivity index (χ0) is 14.4. The Morgan fingerprint density at radius 2 is 1.75 bits per heavy atom. The van der Waals surface area contributed by atoms with Gasteiger partial charge in [0, 0.05) is 32.2 Å². The van der Waals surface area contributed by atoms with Gasteiger partial charge in [-0.1, -0.05) is 20.8 Å². The lowest BCUT2D eigenvalue weighted by molar-refractivity contribution is 0.120. The van der Waals surface area contributed by atoms with Gasteiger partial charge in [0.1, 0.15) is 11.5 Å². The molecule has 0 radical (unpaired) electrons. The highest BCUT2D eigenvalue weighted by Gasteiger charge is 2.17. The average Bonchev–Trinajstić information content (AvgIpc) is 2.87. The van der Waals surface area contributed by atoms with E-state index in [1.54, 1.807) is 0 Å². The third-order valence-electron chi connectivity index (χ3n) is 3.79. The second kappa shape index (κ2) is 7.81. The highest BCUT2D eigenvalue weighted by molar-refractivity contribution is 5.07. The highest BCUT2D eigenvalue weighted by atomic mass is 16.3. The standard InChI is InChI=1S/C16H29N3O/c1-4-7-18-8-10-19(11-9-18)13-16-6-5-15(20-16)12-17-14(2)3/h5-6,14,17H,4,7-13H2,1-3H3. The van der Waals surface area contributed by atoms with Crippen molar-refractivity contribution in [1.82, 2.24) is 15.1 Å². The predicted molar refractivity (Wildman–Crippen MR) is 82.7 cm³/mol. The average molecular weight is 279 g/mol. The fourth-order valence-corrected chi connectivity index (χ4v) is 2.61. The Morgan fingerprint density at radius 1 is 1.10 bits per heavy atom. The van der Waals surface area contributed by atoms with Crippen LogP contribution in [0.3, 0.4) is 0 Å². The molecule has 1 aromatic rings. The van der Waals surface area contributed by atoms with Gasteiger partial charge in [-0.25, -0.2) is 0 Å². The van der Waals surface area contributed by atoms with Crippen LogP contribution >= 0.6 is 0 Å². The minimum absolute atomic E-state index is 0.496. The molecule has 0 aliphatic carbocycles. The maximum absolute atomic E-state index is 5.89. The summed E-state index contributed by atoms with van der Waals surface area (Å²) in [4.78, 5) is 5.04. The number of hydrogen-bond donors (Lipinski definition) is 1. The molecule has 1 aromatic heterocycles. The summed E-state index contributed by atoms with van der Waals surface area (Å²) in [7, 11) is 0. The first-order chi connectivity index (χ1) is 9.67. The van der Waals surface area contributed by atoms with E-state index in [-0.39, 0.29) is 0 Å². The van der Waals surface area contributed by atoms with Gasteiger partial charge in [-0.05, 0) is 25.1 Å². The summed E-state index contributed by atoms with van der Waals surface area (Å²) in [6, 6.07) is 4.71. The summed E-state index contributed by atoms with van der Waals surface area (Å²) < 4.78 is 5.89. The molecule has 1 aliphatic heterocycles. The van der Waals surface area contributed by atoms with Crippen molar-refractivity contribution >= 4 is 0 Å². The van der Waals surface area contributed by atoms with Gasteiger partial charge in [0.2, 0.25) is 0 Å². The molecule has 2 rings (SSSR count). The van der Waals surface area contributed by atoms with Crippen molar-refractivity contribution in [3.8, 4) is 0 Å². The van der Waals surface area contributed by atoms with Gasteiger partial charge < -0.3 is 14.6 Å². The summed E-state index contributed by atoms with van der Waals surface area (Å²) in [5.41, 5.74) is 0. The monoisotopic (exact) mass is 279 g/mol. The fourth-order valence-electron chi connectivity index (χ4n) is 2.61. The first-order valence-corrected chi connectivity index (χ1v) is 7.93. The van der Waals surface area contributed by atoms with Crippen molar-refractivity contribution < 1.29 is 4.42 Å². The van der Waals surface area contributed by atoms with Gasteiger partial charge in [-0.3, -0.25) is 4.90 Å². The Labute approximate surface area is 123 Å². The highest BCUT2D eigenvalue weighted by Crippen LogP contribution is 2.12. The molecule has 20 heavy (non-hydrogen) atoms. The lowest BCUT2D eigenvalue weighted by Crippen LogP contribution is -2.45. The summed E-state index contributed by atoms with van der Waals surface area (Å²) in [5, 5.41) is 3.38. The zero-order valence-electron chi connectivity index (χ0n) is 13.2.